The zero-order valence-corrected chi connectivity index (χ0v) is 10.6. The van der Waals surface area contributed by atoms with Gasteiger partial charge in [-0.1, -0.05) is 0 Å². The predicted molar refractivity (Wildman–Crippen MR) is 71.3 cm³/mol. The maximum Gasteiger partial charge on any atom is 0.271 e. The Hall–Kier alpha value is -1.25. The van der Waals surface area contributed by atoms with Crippen molar-refractivity contribution in [2.45, 2.75) is 43.9 Å². The van der Waals surface area contributed by atoms with Gasteiger partial charge in [-0.15, -0.1) is 0 Å². The van der Waals surface area contributed by atoms with E-state index in [2.05, 4.69) is 4.98 Å². The fourth-order valence-electron chi connectivity index (χ4n) is 5.27. The molecule has 0 aromatic carbocycles. The number of rotatable bonds is 1. The molecule has 4 aliphatic carbocycles. The molecule has 3 nitrogen and oxygen atoms in total. The molecule has 4 fully saturated rings. The molecule has 1 heterocycles. The van der Waals surface area contributed by atoms with Crippen LogP contribution in [0.25, 0.3) is 0 Å². The molecular formula is C15H20N2O. The van der Waals surface area contributed by atoms with Crippen LogP contribution in [0, 0.1) is 17.8 Å². The maximum absolute atomic E-state index is 11.4. The average Bonchev–Trinajstić information content (AvgIpc) is 2.31. The smallest absolute Gasteiger partial charge is 0.271 e. The van der Waals surface area contributed by atoms with Crippen molar-refractivity contribution in [2.24, 2.45) is 17.8 Å². The molecule has 3 heteroatoms. The van der Waals surface area contributed by atoms with Crippen molar-refractivity contribution in [3.8, 4) is 0 Å². The Bertz CT molecular complexity index is 510. The highest BCUT2D eigenvalue weighted by atomic mass is 16.1. The van der Waals surface area contributed by atoms with Crippen molar-refractivity contribution >= 4 is 5.69 Å². The second kappa shape index (κ2) is 3.40. The van der Waals surface area contributed by atoms with E-state index in [9.17, 15) is 4.79 Å². The van der Waals surface area contributed by atoms with E-state index in [-0.39, 0.29) is 5.56 Å². The van der Waals surface area contributed by atoms with Crippen molar-refractivity contribution in [3.63, 3.8) is 0 Å². The van der Waals surface area contributed by atoms with Crippen LogP contribution in [0.3, 0.4) is 0 Å². The summed E-state index contributed by atoms with van der Waals surface area (Å²) in [5.74, 6) is 2.76. The van der Waals surface area contributed by atoms with E-state index in [0.29, 0.717) is 11.1 Å². The minimum Gasteiger partial charge on any atom is -0.394 e. The van der Waals surface area contributed by atoms with Crippen LogP contribution in [0.15, 0.2) is 17.1 Å². The van der Waals surface area contributed by atoms with Crippen LogP contribution in [0.2, 0.25) is 0 Å². The molecule has 3 N–H and O–H groups in total. The van der Waals surface area contributed by atoms with E-state index in [0.717, 1.165) is 17.8 Å². The average molecular weight is 244 g/mol. The zero-order chi connectivity index (χ0) is 12.3. The second-order valence-corrected chi connectivity index (χ2v) is 6.87. The lowest BCUT2D eigenvalue weighted by Crippen LogP contribution is -2.48. The molecule has 0 atom stereocenters. The van der Waals surface area contributed by atoms with Crippen LogP contribution in [-0.4, -0.2) is 4.98 Å². The molecule has 1 aromatic rings. The molecule has 96 valence electrons. The lowest BCUT2D eigenvalue weighted by Gasteiger charge is -2.57. The van der Waals surface area contributed by atoms with Crippen molar-refractivity contribution in [1.82, 2.24) is 4.98 Å². The number of aromatic nitrogens is 1. The van der Waals surface area contributed by atoms with Gasteiger partial charge in [-0.05, 0) is 73.3 Å². The number of hydrogen-bond acceptors (Lipinski definition) is 2. The number of aromatic amines is 1. The van der Waals surface area contributed by atoms with Gasteiger partial charge in [-0.25, -0.2) is 0 Å². The third kappa shape index (κ3) is 1.39. The van der Waals surface area contributed by atoms with Gasteiger partial charge >= 0.3 is 0 Å². The van der Waals surface area contributed by atoms with Crippen LogP contribution in [0.4, 0.5) is 5.69 Å². The van der Waals surface area contributed by atoms with Crippen LogP contribution in [0.1, 0.15) is 44.1 Å². The molecule has 0 spiro atoms. The molecule has 1 aromatic heterocycles. The number of nitrogens with two attached hydrogens (primary N) is 1. The SMILES string of the molecule is Nc1cc(C23CC4CC(CC(C4)C2)C3)c[nH]c1=O. The van der Waals surface area contributed by atoms with Crippen molar-refractivity contribution < 1.29 is 0 Å². The summed E-state index contributed by atoms with van der Waals surface area (Å²) in [6, 6.07) is 1.94. The lowest BCUT2D eigenvalue weighted by atomic mass is 9.48. The zero-order valence-electron chi connectivity index (χ0n) is 10.6. The first-order chi connectivity index (χ1) is 8.64. The molecular weight excluding hydrogens is 224 g/mol. The molecule has 0 saturated heterocycles. The number of nitrogen functional groups attached to an aromatic ring is 1. The number of hydrogen-bond donors (Lipinski definition) is 2. The maximum atomic E-state index is 11.4. The third-order valence-corrected chi connectivity index (χ3v) is 5.58. The first-order valence-corrected chi connectivity index (χ1v) is 7.13. The Morgan fingerprint density at radius 1 is 1.11 bits per heavy atom. The molecule has 4 saturated carbocycles. The Labute approximate surface area is 107 Å². The van der Waals surface area contributed by atoms with E-state index in [1.165, 1.54) is 44.1 Å². The van der Waals surface area contributed by atoms with Gasteiger partial charge in [0.25, 0.3) is 5.56 Å². The van der Waals surface area contributed by atoms with Crippen molar-refractivity contribution in [3.05, 3.63) is 28.2 Å². The fourth-order valence-corrected chi connectivity index (χ4v) is 5.27. The molecule has 0 aliphatic heterocycles. The standard InChI is InChI=1S/C15H20N2O/c16-13-4-12(8-17-14(13)18)15-5-9-1-10(6-15)3-11(2-9)7-15/h4,8-11H,1-3,5-7,16H2,(H,17,18). The number of pyridine rings is 1. The third-order valence-electron chi connectivity index (χ3n) is 5.58. The van der Waals surface area contributed by atoms with E-state index in [4.69, 9.17) is 5.73 Å². The van der Waals surface area contributed by atoms with Gasteiger partial charge in [0.05, 0.1) is 5.69 Å². The molecule has 0 amide bonds. The molecule has 18 heavy (non-hydrogen) atoms. The van der Waals surface area contributed by atoms with Crippen LogP contribution in [0.5, 0.6) is 0 Å². The van der Waals surface area contributed by atoms with Crippen molar-refractivity contribution in [1.29, 1.82) is 0 Å². The number of H-pyrrole nitrogens is 1. The van der Waals surface area contributed by atoms with Crippen LogP contribution in [-0.2, 0) is 5.41 Å². The van der Waals surface area contributed by atoms with Crippen LogP contribution < -0.4 is 11.3 Å². The Kier molecular flexibility index (Phi) is 2.01. The monoisotopic (exact) mass is 244 g/mol. The summed E-state index contributed by atoms with van der Waals surface area (Å²) >= 11 is 0. The van der Waals surface area contributed by atoms with E-state index in [1.54, 1.807) is 0 Å². The summed E-state index contributed by atoms with van der Waals surface area (Å²) in [6.45, 7) is 0. The van der Waals surface area contributed by atoms with E-state index >= 15 is 0 Å². The van der Waals surface area contributed by atoms with Gasteiger partial charge in [0.2, 0.25) is 0 Å². The summed E-state index contributed by atoms with van der Waals surface area (Å²) in [7, 11) is 0. The molecule has 0 unspecified atom stereocenters. The number of anilines is 1. The quantitative estimate of drug-likeness (QED) is 0.797. The van der Waals surface area contributed by atoms with Crippen molar-refractivity contribution in [2.75, 3.05) is 5.73 Å². The largest absolute Gasteiger partial charge is 0.394 e. The number of nitrogens with one attached hydrogen (secondary N) is 1. The summed E-state index contributed by atoms with van der Waals surface area (Å²) in [5.41, 5.74) is 7.64. The summed E-state index contributed by atoms with van der Waals surface area (Å²) in [4.78, 5) is 14.2. The predicted octanol–water partition coefficient (Wildman–Crippen LogP) is 2.42. The summed E-state index contributed by atoms with van der Waals surface area (Å²) < 4.78 is 0. The summed E-state index contributed by atoms with van der Waals surface area (Å²) in [6.07, 6.45) is 10.2. The minimum atomic E-state index is -0.150. The van der Waals surface area contributed by atoms with Gasteiger partial charge in [0, 0.05) is 6.20 Å². The highest BCUT2D eigenvalue weighted by molar-refractivity contribution is 5.41. The van der Waals surface area contributed by atoms with E-state index in [1.807, 2.05) is 12.3 Å². The minimum absolute atomic E-state index is 0.150. The molecule has 4 bridgehead atoms. The fraction of sp³-hybridized carbons (Fsp3) is 0.667. The normalized spacial score (nSPS) is 41.2. The van der Waals surface area contributed by atoms with Gasteiger partial charge in [0.15, 0.2) is 0 Å². The van der Waals surface area contributed by atoms with Gasteiger partial charge < -0.3 is 10.7 Å². The van der Waals surface area contributed by atoms with Gasteiger partial charge in [0.1, 0.15) is 0 Å². The molecule has 0 radical (unpaired) electrons. The highest BCUT2D eigenvalue weighted by Gasteiger charge is 2.51. The first-order valence-electron chi connectivity index (χ1n) is 7.13. The summed E-state index contributed by atoms with van der Waals surface area (Å²) in [5, 5.41) is 0. The first kappa shape index (κ1) is 10.7. The van der Waals surface area contributed by atoms with Crippen LogP contribution >= 0.6 is 0 Å². The Morgan fingerprint density at radius 3 is 2.17 bits per heavy atom. The molecule has 5 rings (SSSR count). The molecule has 4 aliphatic rings. The lowest BCUT2D eigenvalue weighted by molar-refractivity contribution is -0.00532. The van der Waals surface area contributed by atoms with Gasteiger partial charge in [-0.2, -0.15) is 0 Å². The van der Waals surface area contributed by atoms with Gasteiger partial charge in [-0.3, -0.25) is 4.79 Å². The van der Waals surface area contributed by atoms with E-state index < -0.39 is 0 Å². The Morgan fingerprint density at radius 2 is 1.67 bits per heavy atom. The highest BCUT2D eigenvalue weighted by Crippen LogP contribution is 2.60. The Balaban J connectivity index is 1.79. The second-order valence-electron chi connectivity index (χ2n) is 6.87. The topological polar surface area (TPSA) is 58.9 Å².